The molecule has 1 nitrogen and oxygen atoms in total. The van der Waals surface area contributed by atoms with Crippen LogP contribution in [0.25, 0.3) is 49.7 Å². The molecule has 5 aromatic carbocycles. The maximum Gasteiger partial charge on any atom is 0.419 e. The van der Waals surface area contributed by atoms with Crippen molar-refractivity contribution in [2.45, 2.75) is 12.4 Å². The first kappa shape index (κ1) is 24.8. The van der Waals surface area contributed by atoms with Gasteiger partial charge in [0.1, 0.15) is 0 Å². The third kappa shape index (κ3) is 4.34. The van der Waals surface area contributed by atoms with E-state index in [9.17, 15) is 26.3 Å². The summed E-state index contributed by atoms with van der Waals surface area (Å²) in [4.78, 5) is 0. The van der Waals surface area contributed by atoms with E-state index < -0.39 is 29.2 Å². The van der Waals surface area contributed by atoms with E-state index in [0.29, 0.717) is 27.9 Å². The zero-order chi connectivity index (χ0) is 27.4. The number of halogens is 6. The van der Waals surface area contributed by atoms with Crippen molar-refractivity contribution in [3.63, 3.8) is 0 Å². The predicted octanol–water partition coefficient (Wildman–Crippen LogP) is 10.2. The molecule has 0 unspecified atom stereocenters. The quantitative estimate of drug-likeness (QED) is 0.200. The third-order valence-electron chi connectivity index (χ3n) is 6.85. The van der Waals surface area contributed by atoms with Crippen LogP contribution in [-0.2, 0) is 12.4 Å². The maximum atomic E-state index is 14.3. The van der Waals surface area contributed by atoms with Crippen LogP contribution in [0.2, 0.25) is 0 Å². The molecule has 1 heterocycles. The Labute approximate surface area is 219 Å². The van der Waals surface area contributed by atoms with Crippen LogP contribution in [0.5, 0.6) is 0 Å². The van der Waals surface area contributed by atoms with Crippen LogP contribution in [0, 0.1) is 0 Å². The lowest BCUT2D eigenvalue weighted by atomic mass is 10.0. The predicted molar refractivity (Wildman–Crippen MR) is 142 cm³/mol. The molecule has 0 N–H and O–H groups in total. The van der Waals surface area contributed by atoms with Crippen LogP contribution in [0.3, 0.4) is 0 Å². The van der Waals surface area contributed by atoms with Crippen molar-refractivity contribution in [1.29, 1.82) is 0 Å². The van der Waals surface area contributed by atoms with Gasteiger partial charge in [-0.1, -0.05) is 78.9 Å². The lowest BCUT2D eigenvalue weighted by Gasteiger charge is -2.20. The Hall–Kier alpha value is -4.52. The number of hydrogen-bond acceptors (Lipinski definition) is 0. The highest BCUT2D eigenvalue weighted by Gasteiger charge is 2.45. The minimum Gasteiger partial charge on any atom is -0.309 e. The molecule has 6 aromatic rings. The van der Waals surface area contributed by atoms with Crippen molar-refractivity contribution in [1.82, 2.24) is 4.57 Å². The zero-order valence-corrected chi connectivity index (χ0v) is 20.2. The summed E-state index contributed by atoms with van der Waals surface area (Å²) in [6.07, 6.45) is -10.4. The molecule has 0 aliphatic heterocycles. The monoisotopic (exact) mass is 531 g/mol. The number of rotatable bonds is 3. The summed E-state index contributed by atoms with van der Waals surface area (Å²) < 4.78 is 85.6. The van der Waals surface area contributed by atoms with Gasteiger partial charge in [0.15, 0.2) is 0 Å². The molecule has 7 heteroatoms. The average molecular weight is 531 g/mol. The largest absolute Gasteiger partial charge is 0.419 e. The Balaban J connectivity index is 1.72. The minimum atomic E-state index is -5.24. The molecule has 0 aliphatic rings. The summed E-state index contributed by atoms with van der Waals surface area (Å²) in [6, 6.07) is 32.2. The Kier molecular flexibility index (Phi) is 5.75. The van der Waals surface area contributed by atoms with Crippen LogP contribution < -0.4 is 0 Å². The van der Waals surface area contributed by atoms with Gasteiger partial charge in [-0.2, -0.15) is 26.3 Å². The molecular weight excluding hydrogens is 512 g/mol. The van der Waals surface area contributed by atoms with Crippen molar-refractivity contribution in [3.05, 3.63) is 126 Å². The standard InChI is InChI=1S/C32H19F6N/c33-31(34,35)26-12-7-13-29(30(26)32(36,37)38)39-27-16-14-22(20-8-3-1-4-9-20)18-24(27)25-19-23(15-17-28(25)39)21-10-5-2-6-11-21/h1-19H. The van der Waals surface area contributed by atoms with Crippen LogP contribution in [0.1, 0.15) is 11.1 Å². The second-order valence-corrected chi connectivity index (χ2v) is 9.23. The molecule has 6 rings (SSSR count). The van der Waals surface area contributed by atoms with Crippen molar-refractivity contribution >= 4 is 21.8 Å². The van der Waals surface area contributed by atoms with Gasteiger partial charge in [0.05, 0.1) is 27.8 Å². The van der Waals surface area contributed by atoms with E-state index in [-0.39, 0.29) is 0 Å². The molecule has 0 radical (unpaired) electrons. The van der Waals surface area contributed by atoms with Gasteiger partial charge in [-0.25, -0.2) is 0 Å². The molecule has 0 aliphatic carbocycles. The smallest absolute Gasteiger partial charge is 0.309 e. The molecular formula is C32H19F6N. The Morgan fingerprint density at radius 1 is 0.436 bits per heavy atom. The van der Waals surface area contributed by atoms with Gasteiger partial charge < -0.3 is 4.57 Å². The minimum absolute atomic E-state index is 0.375. The molecule has 0 saturated carbocycles. The normalized spacial score (nSPS) is 12.4. The van der Waals surface area contributed by atoms with Gasteiger partial charge >= 0.3 is 12.4 Å². The number of hydrogen-bond donors (Lipinski definition) is 0. The van der Waals surface area contributed by atoms with E-state index in [1.165, 1.54) is 4.57 Å². The van der Waals surface area contributed by atoms with E-state index in [4.69, 9.17) is 0 Å². The summed E-state index contributed by atoms with van der Waals surface area (Å²) >= 11 is 0. The van der Waals surface area contributed by atoms with E-state index in [1.54, 1.807) is 24.3 Å². The number of benzene rings is 5. The molecule has 1 aromatic heterocycles. The number of nitrogens with zero attached hydrogens (tertiary/aromatic N) is 1. The van der Waals surface area contributed by atoms with Crippen LogP contribution in [0.4, 0.5) is 26.3 Å². The van der Waals surface area contributed by atoms with E-state index >= 15 is 0 Å². The number of alkyl halides is 6. The molecule has 0 bridgehead atoms. The summed E-state index contributed by atoms with van der Waals surface area (Å²) in [5, 5.41) is 1.27. The Morgan fingerprint density at radius 3 is 1.36 bits per heavy atom. The second-order valence-electron chi connectivity index (χ2n) is 9.23. The first-order chi connectivity index (χ1) is 18.6. The zero-order valence-electron chi connectivity index (χ0n) is 20.2. The lowest BCUT2D eigenvalue weighted by molar-refractivity contribution is -0.162. The summed E-state index contributed by atoms with van der Waals surface area (Å²) in [5.74, 6) is 0. The fourth-order valence-electron chi connectivity index (χ4n) is 5.16. The van der Waals surface area contributed by atoms with Gasteiger partial charge in [-0.3, -0.25) is 0 Å². The molecule has 0 amide bonds. The molecule has 0 spiro atoms. The highest BCUT2D eigenvalue weighted by molar-refractivity contribution is 6.11. The third-order valence-corrected chi connectivity index (χ3v) is 6.85. The van der Waals surface area contributed by atoms with Gasteiger partial charge in [-0.05, 0) is 58.7 Å². The highest BCUT2D eigenvalue weighted by atomic mass is 19.4. The second kappa shape index (κ2) is 9.05. The highest BCUT2D eigenvalue weighted by Crippen LogP contribution is 2.45. The first-order valence-electron chi connectivity index (χ1n) is 12.1. The summed E-state index contributed by atoms with van der Waals surface area (Å²) in [6.45, 7) is 0. The first-order valence-corrected chi connectivity index (χ1v) is 12.1. The van der Waals surface area contributed by atoms with Crippen molar-refractivity contribution in [2.75, 3.05) is 0 Å². The van der Waals surface area contributed by atoms with E-state index in [1.807, 2.05) is 72.8 Å². The van der Waals surface area contributed by atoms with Crippen molar-refractivity contribution < 1.29 is 26.3 Å². The summed E-state index contributed by atoms with van der Waals surface area (Å²) in [7, 11) is 0. The molecule has 0 saturated heterocycles. The number of fused-ring (bicyclic) bond motifs is 3. The maximum absolute atomic E-state index is 14.3. The summed E-state index contributed by atoms with van der Waals surface area (Å²) in [5.41, 5.74) is 0.250. The van der Waals surface area contributed by atoms with Crippen LogP contribution in [-0.4, -0.2) is 4.57 Å². The van der Waals surface area contributed by atoms with Gasteiger partial charge in [-0.15, -0.1) is 0 Å². The Bertz CT molecular complexity index is 1720. The molecule has 0 fully saturated rings. The van der Waals surface area contributed by atoms with Crippen LogP contribution >= 0.6 is 0 Å². The SMILES string of the molecule is FC(F)(F)c1cccc(-n2c3ccc(-c4ccccc4)cc3c3cc(-c4ccccc4)ccc32)c1C(F)(F)F. The fraction of sp³-hybridized carbons (Fsp3) is 0.0625. The molecule has 39 heavy (non-hydrogen) atoms. The topological polar surface area (TPSA) is 4.93 Å². The van der Waals surface area contributed by atoms with E-state index in [0.717, 1.165) is 34.4 Å². The molecule has 194 valence electrons. The van der Waals surface area contributed by atoms with Gasteiger partial charge in [0, 0.05) is 10.8 Å². The fourth-order valence-corrected chi connectivity index (χ4v) is 5.16. The van der Waals surface area contributed by atoms with Crippen molar-refractivity contribution in [3.8, 4) is 27.9 Å². The van der Waals surface area contributed by atoms with Gasteiger partial charge in [0.2, 0.25) is 0 Å². The van der Waals surface area contributed by atoms with Crippen molar-refractivity contribution in [2.24, 2.45) is 0 Å². The van der Waals surface area contributed by atoms with Gasteiger partial charge in [0.25, 0.3) is 0 Å². The van der Waals surface area contributed by atoms with E-state index in [2.05, 4.69) is 0 Å². The molecule has 0 atom stereocenters. The average Bonchev–Trinajstić information content (AvgIpc) is 3.25. The Morgan fingerprint density at radius 2 is 0.923 bits per heavy atom. The van der Waals surface area contributed by atoms with Crippen LogP contribution in [0.15, 0.2) is 115 Å². The number of aromatic nitrogens is 1. The lowest BCUT2D eigenvalue weighted by Crippen LogP contribution is -2.19.